The highest BCUT2D eigenvalue weighted by Crippen LogP contribution is 2.55. The zero-order valence-corrected chi connectivity index (χ0v) is 17.1. The monoisotopic (exact) mass is 455 g/mol. The second kappa shape index (κ2) is 6.31. The minimum atomic E-state index is 0.0196. The van der Waals surface area contributed by atoms with E-state index in [0.717, 1.165) is 38.0 Å². The minimum absolute atomic E-state index is 0.0196. The standard InChI is InChI=1S/C19H23Br2NO2/c1-11-2-15(20)6-16(21)18(11)24-10-17(23)22-19-7-12-3-13(8-19)5-14(4-12)9-19/h2,6,12-14H,3-5,7-10H2,1H3,(H,22,23). The molecule has 5 heteroatoms. The Kier molecular flexibility index (Phi) is 4.44. The van der Waals surface area contributed by atoms with Gasteiger partial charge in [-0.1, -0.05) is 15.9 Å². The molecule has 0 heterocycles. The first-order valence-electron chi connectivity index (χ1n) is 8.82. The number of ether oxygens (including phenoxy) is 1. The Bertz CT molecular complexity index is 615. The SMILES string of the molecule is Cc1cc(Br)cc(Br)c1OCC(=O)NC12CC3CC(CC(C3)C1)C2. The number of carbonyl (C=O) groups is 1. The molecule has 1 N–H and O–H groups in total. The van der Waals surface area contributed by atoms with Gasteiger partial charge in [-0.25, -0.2) is 0 Å². The topological polar surface area (TPSA) is 38.3 Å². The van der Waals surface area contributed by atoms with Crippen LogP contribution in [0.4, 0.5) is 0 Å². The van der Waals surface area contributed by atoms with Crippen LogP contribution in [0.15, 0.2) is 21.1 Å². The smallest absolute Gasteiger partial charge is 0.258 e. The lowest BCUT2D eigenvalue weighted by Crippen LogP contribution is -2.60. The zero-order chi connectivity index (χ0) is 16.9. The third-order valence-corrected chi connectivity index (χ3v) is 7.03. The van der Waals surface area contributed by atoms with Gasteiger partial charge in [0.05, 0.1) is 4.47 Å². The largest absolute Gasteiger partial charge is 0.482 e. The van der Waals surface area contributed by atoms with E-state index in [-0.39, 0.29) is 18.1 Å². The van der Waals surface area contributed by atoms with Gasteiger partial charge in [-0.3, -0.25) is 4.79 Å². The van der Waals surface area contributed by atoms with Gasteiger partial charge in [0.2, 0.25) is 0 Å². The number of benzene rings is 1. The van der Waals surface area contributed by atoms with Gasteiger partial charge in [0.15, 0.2) is 6.61 Å². The highest BCUT2D eigenvalue weighted by molar-refractivity contribution is 9.11. The number of rotatable bonds is 4. The molecule has 0 saturated heterocycles. The van der Waals surface area contributed by atoms with Crippen molar-refractivity contribution in [3.8, 4) is 5.75 Å². The molecular weight excluding hydrogens is 434 g/mol. The summed E-state index contributed by atoms with van der Waals surface area (Å²) in [7, 11) is 0. The molecule has 24 heavy (non-hydrogen) atoms. The first-order valence-corrected chi connectivity index (χ1v) is 10.4. The fourth-order valence-corrected chi connectivity index (χ4v) is 7.16. The highest BCUT2D eigenvalue weighted by atomic mass is 79.9. The Morgan fingerprint density at radius 2 is 1.75 bits per heavy atom. The van der Waals surface area contributed by atoms with Crippen molar-refractivity contribution < 1.29 is 9.53 Å². The molecule has 4 aliphatic rings. The Morgan fingerprint density at radius 1 is 1.17 bits per heavy atom. The van der Waals surface area contributed by atoms with Gasteiger partial charge >= 0.3 is 0 Å². The summed E-state index contributed by atoms with van der Waals surface area (Å²) < 4.78 is 7.69. The number of halogens is 2. The quantitative estimate of drug-likeness (QED) is 0.693. The lowest BCUT2D eigenvalue weighted by molar-refractivity contribution is -0.128. The Balaban J connectivity index is 1.39. The van der Waals surface area contributed by atoms with Gasteiger partial charge in [0, 0.05) is 10.0 Å². The summed E-state index contributed by atoms with van der Waals surface area (Å²) in [5, 5.41) is 3.36. The molecule has 4 bridgehead atoms. The minimum Gasteiger partial charge on any atom is -0.482 e. The second-order valence-electron chi connectivity index (χ2n) is 8.07. The summed E-state index contributed by atoms with van der Waals surface area (Å²) in [4.78, 5) is 12.5. The van der Waals surface area contributed by atoms with E-state index in [1.165, 1.54) is 38.5 Å². The number of amides is 1. The van der Waals surface area contributed by atoms with Gasteiger partial charge in [-0.2, -0.15) is 0 Å². The van der Waals surface area contributed by atoms with E-state index in [2.05, 4.69) is 37.2 Å². The second-order valence-corrected chi connectivity index (χ2v) is 9.84. The van der Waals surface area contributed by atoms with Crippen LogP contribution in [0.3, 0.4) is 0 Å². The lowest BCUT2D eigenvalue weighted by atomic mass is 9.53. The van der Waals surface area contributed by atoms with Crippen molar-refractivity contribution in [1.82, 2.24) is 5.32 Å². The van der Waals surface area contributed by atoms with Crippen molar-refractivity contribution in [3.05, 3.63) is 26.6 Å². The average molecular weight is 457 g/mol. The highest BCUT2D eigenvalue weighted by Gasteiger charge is 2.51. The van der Waals surface area contributed by atoms with Crippen LogP contribution in [0.1, 0.15) is 44.1 Å². The number of nitrogens with one attached hydrogen (secondary N) is 1. The molecule has 1 aromatic rings. The predicted octanol–water partition coefficient (Wildman–Crippen LogP) is 4.98. The maximum Gasteiger partial charge on any atom is 0.258 e. The zero-order valence-electron chi connectivity index (χ0n) is 13.9. The molecule has 1 aromatic carbocycles. The number of hydrogen-bond donors (Lipinski definition) is 1. The molecule has 0 unspecified atom stereocenters. The molecule has 0 aromatic heterocycles. The van der Waals surface area contributed by atoms with Crippen molar-refractivity contribution in [2.24, 2.45) is 17.8 Å². The molecule has 0 spiro atoms. The Hall–Kier alpha value is -0.550. The summed E-state index contributed by atoms with van der Waals surface area (Å²) in [5.74, 6) is 3.27. The first-order chi connectivity index (χ1) is 11.4. The lowest BCUT2D eigenvalue weighted by Gasteiger charge is -2.56. The van der Waals surface area contributed by atoms with Crippen LogP contribution in [-0.4, -0.2) is 18.1 Å². The maximum atomic E-state index is 12.5. The van der Waals surface area contributed by atoms with Crippen LogP contribution in [0, 0.1) is 24.7 Å². The first kappa shape index (κ1) is 16.9. The van der Waals surface area contributed by atoms with Crippen LogP contribution in [-0.2, 0) is 4.79 Å². The van der Waals surface area contributed by atoms with E-state index in [1.807, 2.05) is 19.1 Å². The van der Waals surface area contributed by atoms with Crippen LogP contribution < -0.4 is 10.1 Å². The van der Waals surface area contributed by atoms with E-state index in [1.54, 1.807) is 0 Å². The van der Waals surface area contributed by atoms with Crippen LogP contribution in [0.2, 0.25) is 0 Å². The van der Waals surface area contributed by atoms with Crippen molar-refractivity contribution in [2.75, 3.05) is 6.61 Å². The number of carbonyl (C=O) groups excluding carboxylic acids is 1. The van der Waals surface area contributed by atoms with E-state index < -0.39 is 0 Å². The van der Waals surface area contributed by atoms with Crippen LogP contribution in [0.5, 0.6) is 5.75 Å². The summed E-state index contributed by atoms with van der Waals surface area (Å²) >= 11 is 6.98. The van der Waals surface area contributed by atoms with Crippen molar-refractivity contribution in [2.45, 2.75) is 51.0 Å². The fraction of sp³-hybridized carbons (Fsp3) is 0.632. The molecule has 1 amide bonds. The summed E-state index contributed by atoms with van der Waals surface area (Å²) in [6.45, 7) is 2.07. The molecule has 5 rings (SSSR count). The van der Waals surface area contributed by atoms with Gasteiger partial charge in [0.25, 0.3) is 5.91 Å². The normalized spacial score (nSPS) is 33.5. The molecule has 4 saturated carbocycles. The molecular formula is C19H23Br2NO2. The molecule has 4 fully saturated rings. The molecule has 0 aliphatic heterocycles. The number of aryl methyl sites for hydroxylation is 1. The molecule has 0 radical (unpaired) electrons. The van der Waals surface area contributed by atoms with Crippen molar-refractivity contribution in [3.63, 3.8) is 0 Å². The molecule has 4 aliphatic carbocycles. The summed E-state index contributed by atoms with van der Waals surface area (Å²) in [6.07, 6.45) is 7.67. The summed E-state index contributed by atoms with van der Waals surface area (Å²) in [6, 6.07) is 3.94. The fourth-order valence-electron chi connectivity index (χ4n) is 5.61. The van der Waals surface area contributed by atoms with Gasteiger partial charge in [-0.15, -0.1) is 0 Å². The van der Waals surface area contributed by atoms with Crippen LogP contribution >= 0.6 is 31.9 Å². The van der Waals surface area contributed by atoms with E-state index >= 15 is 0 Å². The molecule has 0 atom stereocenters. The molecule has 130 valence electrons. The third kappa shape index (κ3) is 3.26. The van der Waals surface area contributed by atoms with Gasteiger partial charge in [0.1, 0.15) is 5.75 Å². The van der Waals surface area contributed by atoms with E-state index in [4.69, 9.17) is 4.74 Å². The Labute approximate surface area is 160 Å². The van der Waals surface area contributed by atoms with Crippen molar-refractivity contribution in [1.29, 1.82) is 0 Å². The molecule has 3 nitrogen and oxygen atoms in total. The maximum absolute atomic E-state index is 12.5. The Morgan fingerprint density at radius 3 is 2.29 bits per heavy atom. The number of hydrogen-bond acceptors (Lipinski definition) is 2. The van der Waals surface area contributed by atoms with Gasteiger partial charge < -0.3 is 10.1 Å². The van der Waals surface area contributed by atoms with Gasteiger partial charge in [-0.05, 0) is 96.8 Å². The van der Waals surface area contributed by atoms with E-state index in [9.17, 15) is 4.79 Å². The van der Waals surface area contributed by atoms with Crippen LogP contribution in [0.25, 0.3) is 0 Å². The predicted molar refractivity (Wildman–Crippen MR) is 101 cm³/mol. The van der Waals surface area contributed by atoms with E-state index in [0.29, 0.717) is 0 Å². The third-order valence-electron chi connectivity index (χ3n) is 5.98. The van der Waals surface area contributed by atoms with Crippen molar-refractivity contribution >= 4 is 37.8 Å². The average Bonchev–Trinajstić information content (AvgIpc) is 2.43. The summed E-state index contributed by atoms with van der Waals surface area (Å²) in [5.41, 5.74) is 1.07.